The number of carbonyl (C=O) groups is 2. The molecule has 0 aliphatic rings. The van der Waals surface area contributed by atoms with Gasteiger partial charge in [-0.1, -0.05) is 23.7 Å². The van der Waals surface area contributed by atoms with E-state index in [1.54, 1.807) is 18.2 Å². The van der Waals surface area contributed by atoms with Crippen LogP contribution in [0.2, 0.25) is 5.02 Å². The quantitative estimate of drug-likeness (QED) is 0.748. The van der Waals surface area contributed by atoms with Crippen LogP contribution in [-0.4, -0.2) is 17.1 Å². The number of para-hydroxylation sites is 1. The van der Waals surface area contributed by atoms with Crippen LogP contribution in [0.25, 0.3) is 0 Å². The highest BCUT2D eigenvalue weighted by Gasteiger charge is 2.11. The third-order valence-electron chi connectivity index (χ3n) is 2.58. The van der Waals surface area contributed by atoms with E-state index >= 15 is 0 Å². The van der Waals surface area contributed by atoms with E-state index in [2.05, 4.69) is 26.6 Å². The molecule has 0 bridgehead atoms. The zero-order valence-corrected chi connectivity index (χ0v) is 12.9. The summed E-state index contributed by atoms with van der Waals surface area (Å²) in [6, 6.07) is 10.9. The highest BCUT2D eigenvalue weighted by atomic mass is 79.9. The monoisotopic (exact) mass is 368 g/mol. The SMILES string of the molecule is O=C(Nc1ccc(Cl)c(C(=O)O)c1)Nc1ccccc1Br. The third-order valence-corrected chi connectivity index (χ3v) is 3.60. The molecule has 21 heavy (non-hydrogen) atoms. The molecular weight excluding hydrogens is 360 g/mol. The number of nitrogens with one attached hydrogen (secondary N) is 2. The summed E-state index contributed by atoms with van der Waals surface area (Å²) in [6.45, 7) is 0. The van der Waals surface area contributed by atoms with Gasteiger partial charge in [-0.2, -0.15) is 0 Å². The highest BCUT2D eigenvalue weighted by molar-refractivity contribution is 9.10. The Labute approximate surface area is 134 Å². The van der Waals surface area contributed by atoms with Gasteiger partial charge in [0, 0.05) is 10.2 Å². The molecule has 0 saturated heterocycles. The molecule has 7 heteroatoms. The molecule has 108 valence electrons. The second kappa shape index (κ2) is 6.60. The van der Waals surface area contributed by atoms with Crippen molar-refractivity contribution < 1.29 is 14.7 Å². The fourth-order valence-corrected chi connectivity index (χ4v) is 2.20. The number of carbonyl (C=O) groups excluding carboxylic acids is 1. The van der Waals surface area contributed by atoms with Crippen molar-refractivity contribution in [1.82, 2.24) is 0 Å². The molecule has 0 unspecified atom stereocenters. The van der Waals surface area contributed by atoms with E-state index in [0.29, 0.717) is 11.4 Å². The number of carboxylic acids is 1. The number of hydrogen-bond acceptors (Lipinski definition) is 2. The Kier molecular flexibility index (Phi) is 4.82. The standard InChI is InChI=1S/C14H10BrClN2O3/c15-10-3-1-2-4-12(10)18-14(21)17-8-5-6-11(16)9(7-8)13(19)20/h1-7H,(H,19,20)(H2,17,18,21). The van der Waals surface area contributed by atoms with Crippen molar-refractivity contribution in [2.24, 2.45) is 0 Å². The number of benzene rings is 2. The van der Waals surface area contributed by atoms with Gasteiger partial charge in [0.2, 0.25) is 0 Å². The van der Waals surface area contributed by atoms with E-state index in [0.717, 1.165) is 4.47 Å². The molecule has 0 aromatic heterocycles. The molecule has 5 nitrogen and oxygen atoms in total. The van der Waals surface area contributed by atoms with Crippen molar-refractivity contribution in [2.75, 3.05) is 10.6 Å². The van der Waals surface area contributed by atoms with E-state index in [9.17, 15) is 9.59 Å². The van der Waals surface area contributed by atoms with E-state index in [4.69, 9.17) is 16.7 Å². The van der Waals surface area contributed by atoms with E-state index in [1.807, 2.05) is 6.07 Å². The van der Waals surface area contributed by atoms with Gasteiger partial charge in [0.05, 0.1) is 16.3 Å². The van der Waals surface area contributed by atoms with Gasteiger partial charge in [-0.05, 0) is 46.3 Å². The first-order chi connectivity index (χ1) is 9.97. The van der Waals surface area contributed by atoms with Gasteiger partial charge >= 0.3 is 12.0 Å². The number of carboxylic acid groups (broad SMARTS) is 1. The van der Waals surface area contributed by atoms with Crippen molar-refractivity contribution in [3.63, 3.8) is 0 Å². The second-order valence-electron chi connectivity index (χ2n) is 4.06. The molecule has 2 aromatic rings. The summed E-state index contributed by atoms with van der Waals surface area (Å²) >= 11 is 9.08. The molecular formula is C14H10BrClN2O3. The number of hydrogen-bond donors (Lipinski definition) is 3. The van der Waals surface area contributed by atoms with Crippen LogP contribution in [0.5, 0.6) is 0 Å². The maximum Gasteiger partial charge on any atom is 0.337 e. The first-order valence-corrected chi connectivity index (χ1v) is 7.00. The van der Waals surface area contributed by atoms with Crippen LogP contribution < -0.4 is 10.6 Å². The largest absolute Gasteiger partial charge is 0.478 e. The number of halogens is 2. The van der Waals surface area contributed by atoms with Crippen LogP contribution in [-0.2, 0) is 0 Å². The van der Waals surface area contributed by atoms with Crippen LogP contribution in [0.3, 0.4) is 0 Å². The van der Waals surface area contributed by atoms with E-state index in [1.165, 1.54) is 18.2 Å². The predicted octanol–water partition coefficient (Wildman–Crippen LogP) is 4.44. The van der Waals surface area contributed by atoms with E-state index in [-0.39, 0.29) is 10.6 Å². The number of urea groups is 1. The lowest BCUT2D eigenvalue weighted by atomic mass is 10.2. The number of anilines is 2. The minimum absolute atomic E-state index is 0.0737. The summed E-state index contributed by atoms with van der Waals surface area (Å²) in [7, 11) is 0. The van der Waals surface area contributed by atoms with Crippen LogP contribution in [0, 0.1) is 0 Å². The molecule has 3 N–H and O–H groups in total. The van der Waals surface area contributed by atoms with Gasteiger partial charge in [0.15, 0.2) is 0 Å². The minimum atomic E-state index is -1.16. The first kappa shape index (κ1) is 15.3. The molecule has 0 spiro atoms. The molecule has 0 atom stereocenters. The average molecular weight is 370 g/mol. The van der Waals surface area contributed by atoms with Crippen LogP contribution in [0.4, 0.5) is 16.2 Å². The van der Waals surface area contributed by atoms with Crippen LogP contribution in [0.1, 0.15) is 10.4 Å². The van der Waals surface area contributed by atoms with Gasteiger partial charge in [-0.3, -0.25) is 0 Å². The zero-order chi connectivity index (χ0) is 15.4. The second-order valence-corrected chi connectivity index (χ2v) is 5.32. The Morgan fingerprint density at radius 2 is 1.81 bits per heavy atom. The molecule has 0 heterocycles. The van der Waals surface area contributed by atoms with Gasteiger partial charge < -0.3 is 15.7 Å². The fraction of sp³-hybridized carbons (Fsp3) is 0. The van der Waals surface area contributed by atoms with Crippen molar-refractivity contribution in [3.8, 4) is 0 Å². The van der Waals surface area contributed by atoms with E-state index < -0.39 is 12.0 Å². The normalized spacial score (nSPS) is 10.0. The van der Waals surface area contributed by atoms with Gasteiger partial charge in [0.25, 0.3) is 0 Å². The number of aromatic carboxylic acids is 1. The lowest BCUT2D eigenvalue weighted by molar-refractivity contribution is 0.0697. The summed E-state index contributed by atoms with van der Waals surface area (Å²) in [5, 5.41) is 14.3. The first-order valence-electron chi connectivity index (χ1n) is 5.83. The summed E-state index contributed by atoms with van der Waals surface area (Å²) in [5.41, 5.74) is 0.860. The predicted molar refractivity (Wildman–Crippen MR) is 85.2 cm³/mol. The molecule has 0 saturated carbocycles. The lowest BCUT2D eigenvalue weighted by Gasteiger charge is -2.10. The third kappa shape index (κ3) is 3.96. The molecule has 0 radical (unpaired) electrons. The summed E-state index contributed by atoms with van der Waals surface area (Å²) < 4.78 is 0.738. The Hall–Kier alpha value is -2.05. The molecule has 2 amide bonds. The Morgan fingerprint density at radius 1 is 1.10 bits per heavy atom. The van der Waals surface area contributed by atoms with Gasteiger partial charge in [-0.25, -0.2) is 9.59 Å². The Bertz CT molecular complexity index is 706. The maximum absolute atomic E-state index is 11.9. The summed E-state index contributed by atoms with van der Waals surface area (Å²) in [5.74, 6) is -1.16. The number of rotatable bonds is 3. The summed E-state index contributed by atoms with van der Waals surface area (Å²) in [6.07, 6.45) is 0. The van der Waals surface area contributed by atoms with Crippen LogP contribution >= 0.6 is 27.5 Å². The fourth-order valence-electron chi connectivity index (χ4n) is 1.61. The Balaban J connectivity index is 2.12. The average Bonchev–Trinajstić information content (AvgIpc) is 2.43. The molecule has 2 rings (SSSR count). The number of amides is 2. The summed E-state index contributed by atoms with van der Waals surface area (Å²) in [4.78, 5) is 22.9. The highest BCUT2D eigenvalue weighted by Crippen LogP contribution is 2.23. The Morgan fingerprint density at radius 3 is 2.48 bits per heavy atom. The van der Waals surface area contributed by atoms with Gasteiger partial charge in [0.1, 0.15) is 0 Å². The topological polar surface area (TPSA) is 78.4 Å². The van der Waals surface area contributed by atoms with Crippen molar-refractivity contribution in [1.29, 1.82) is 0 Å². The van der Waals surface area contributed by atoms with Crippen molar-refractivity contribution in [2.45, 2.75) is 0 Å². The molecule has 0 aliphatic heterocycles. The van der Waals surface area contributed by atoms with Gasteiger partial charge in [-0.15, -0.1) is 0 Å². The smallest absolute Gasteiger partial charge is 0.337 e. The van der Waals surface area contributed by atoms with Crippen LogP contribution in [0.15, 0.2) is 46.9 Å². The lowest BCUT2D eigenvalue weighted by Crippen LogP contribution is -2.19. The van der Waals surface area contributed by atoms with Crippen molar-refractivity contribution >= 4 is 50.9 Å². The molecule has 2 aromatic carbocycles. The molecule has 0 fully saturated rings. The minimum Gasteiger partial charge on any atom is -0.478 e. The molecule has 0 aliphatic carbocycles. The maximum atomic E-state index is 11.9. The zero-order valence-electron chi connectivity index (χ0n) is 10.6. The van der Waals surface area contributed by atoms with Crippen molar-refractivity contribution in [3.05, 3.63) is 57.5 Å².